The highest BCUT2D eigenvalue weighted by molar-refractivity contribution is 5.94. The van der Waals surface area contributed by atoms with Gasteiger partial charge in [0.2, 0.25) is 0 Å². The van der Waals surface area contributed by atoms with Crippen molar-refractivity contribution < 1.29 is 13.9 Å². The van der Waals surface area contributed by atoms with E-state index in [-0.39, 0.29) is 24.4 Å². The van der Waals surface area contributed by atoms with E-state index in [1.54, 1.807) is 17.0 Å². The molecule has 21 heavy (non-hydrogen) atoms. The van der Waals surface area contributed by atoms with Crippen molar-refractivity contribution >= 4 is 11.6 Å². The fraction of sp³-hybridized carbons (Fsp3) is 0.235. The molecule has 2 rings (SSSR count). The first kappa shape index (κ1) is 15.0. The number of rotatable bonds is 5. The first-order chi connectivity index (χ1) is 10.1. The van der Waals surface area contributed by atoms with E-state index in [0.717, 1.165) is 5.69 Å². The molecular formula is C17H18FNO2. The van der Waals surface area contributed by atoms with Crippen LogP contribution in [0.2, 0.25) is 0 Å². The van der Waals surface area contributed by atoms with Gasteiger partial charge in [0, 0.05) is 17.8 Å². The summed E-state index contributed by atoms with van der Waals surface area (Å²) < 4.78 is 18.4. The molecule has 0 unspecified atom stereocenters. The van der Waals surface area contributed by atoms with Crippen molar-refractivity contribution in [1.82, 2.24) is 0 Å². The Morgan fingerprint density at radius 2 is 1.86 bits per heavy atom. The Balaban J connectivity index is 2.06. The molecule has 0 aromatic heterocycles. The fourth-order valence-corrected chi connectivity index (χ4v) is 2.09. The van der Waals surface area contributed by atoms with Gasteiger partial charge in [0.05, 0.1) is 0 Å². The zero-order valence-electron chi connectivity index (χ0n) is 12.1. The lowest BCUT2D eigenvalue weighted by atomic mass is 10.2. The lowest BCUT2D eigenvalue weighted by molar-refractivity contribution is -0.120. The molecule has 0 bridgehead atoms. The topological polar surface area (TPSA) is 29.5 Å². The smallest absolute Gasteiger partial charge is 0.265 e. The quantitative estimate of drug-likeness (QED) is 0.840. The Morgan fingerprint density at radius 3 is 2.48 bits per heavy atom. The van der Waals surface area contributed by atoms with E-state index >= 15 is 0 Å². The van der Waals surface area contributed by atoms with Crippen LogP contribution in [-0.2, 0) is 4.79 Å². The van der Waals surface area contributed by atoms with E-state index in [1.807, 2.05) is 44.2 Å². The molecule has 2 aromatic rings. The van der Waals surface area contributed by atoms with E-state index < -0.39 is 0 Å². The van der Waals surface area contributed by atoms with Crippen LogP contribution >= 0.6 is 0 Å². The highest BCUT2D eigenvalue weighted by Gasteiger charge is 2.19. The van der Waals surface area contributed by atoms with Gasteiger partial charge in [-0.25, -0.2) is 4.39 Å². The van der Waals surface area contributed by atoms with Crippen molar-refractivity contribution in [3.63, 3.8) is 0 Å². The second kappa shape index (κ2) is 6.88. The van der Waals surface area contributed by atoms with Crippen LogP contribution in [-0.4, -0.2) is 18.6 Å². The molecule has 0 aliphatic rings. The van der Waals surface area contributed by atoms with Gasteiger partial charge in [0.1, 0.15) is 11.6 Å². The summed E-state index contributed by atoms with van der Waals surface area (Å²) in [6, 6.07) is 15.2. The number of halogens is 1. The minimum atomic E-state index is -0.385. The van der Waals surface area contributed by atoms with Gasteiger partial charge >= 0.3 is 0 Å². The van der Waals surface area contributed by atoms with Gasteiger partial charge in [0.15, 0.2) is 6.61 Å². The summed E-state index contributed by atoms with van der Waals surface area (Å²) in [5, 5.41) is 0. The Kier molecular flexibility index (Phi) is 4.93. The summed E-state index contributed by atoms with van der Waals surface area (Å²) in [6.07, 6.45) is 0. The predicted molar refractivity (Wildman–Crippen MR) is 81.0 cm³/mol. The van der Waals surface area contributed by atoms with Crippen molar-refractivity contribution in [2.75, 3.05) is 11.5 Å². The normalized spacial score (nSPS) is 10.5. The molecule has 0 radical (unpaired) electrons. The number of nitrogens with zero attached hydrogens (tertiary/aromatic N) is 1. The summed E-state index contributed by atoms with van der Waals surface area (Å²) in [5.41, 5.74) is 0.820. The maximum atomic E-state index is 13.1. The third-order valence-electron chi connectivity index (χ3n) is 2.98. The van der Waals surface area contributed by atoms with Crippen molar-refractivity contribution in [2.45, 2.75) is 19.9 Å². The number of para-hydroxylation sites is 1. The third-order valence-corrected chi connectivity index (χ3v) is 2.98. The van der Waals surface area contributed by atoms with Crippen molar-refractivity contribution in [1.29, 1.82) is 0 Å². The molecule has 0 saturated carbocycles. The van der Waals surface area contributed by atoms with Crippen molar-refractivity contribution in [2.24, 2.45) is 0 Å². The molecular weight excluding hydrogens is 269 g/mol. The van der Waals surface area contributed by atoms with E-state index in [2.05, 4.69) is 0 Å². The zero-order valence-corrected chi connectivity index (χ0v) is 12.1. The number of anilines is 1. The number of hydrogen-bond donors (Lipinski definition) is 0. The third kappa shape index (κ3) is 4.05. The molecule has 0 aliphatic carbocycles. The van der Waals surface area contributed by atoms with Gasteiger partial charge in [0.25, 0.3) is 5.91 Å². The Hall–Kier alpha value is -2.36. The van der Waals surface area contributed by atoms with Crippen molar-refractivity contribution in [3.05, 3.63) is 60.4 Å². The van der Waals surface area contributed by atoms with Crippen LogP contribution in [0.25, 0.3) is 0 Å². The van der Waals surface area contributed by atoms with Gasteiger partial charge in [-0.2, -0.15) is 0 Å². The van der Waals surface area contributed by atoms with Gasteiger partial charge < -0.3 is 9.64 Å². The van der Waals surface area contributed by atoms with Gasteiger partial charge in [-0.1, -0.05) is 24.3 Å². The average Bonchev–Trinajstić information content (AvgIpc) is 2.46. The maximum absolute atomic E-state index is 13.1. The number of ether oxygens (including phenoxy) is 1. The molecule has 1 amide bonds. The van der Waals surface area contributed by atoms with E-state index in [4.69, 9.17) is 4.74 Å². The fourth-order valence-electron chi connectivity index (χ4n) is 2.09. The molecule has 2 aromatic carbocycles. The molecule has 3 nitrogen and oxygen atoms in total. The lowest BCUT2D eigenvalue weighted by Gasteiger charge is -2.26. The first-order valence-electron chi connectivity index (χ1n) is 6.83. The molecule has 0 heterocycles. The SMILES string of the molecule is CC(C)N(C(=O)COc1cccc(F)c1)c1ccccc1. The summed E-state index contributed by atoms with van der Waals surface area (Å²) in [4.78, 5) is 14.0. The monoisotopic (exact) mass is 287 g/mol. The van der Waals surface area contributed by atoms with Crippen LogP contribution in [0.15, 0.2) is 54.6 Å². The molecule has 0 spiro atoms. The van der Waals surface area contributed by atoms with Crippen LogP contribution in [0, 0.1) is 5.82 Å². The highest BCUT2D eigenvalue weighted by Crippen LogP contribution is 2.18. The number of hydrogen-bond acceptors (Lipinski definition) is 2. The average molecular weight is 287 g/mol. The second-order valence-electron chi connectivity index (χ2n) is 4.94. The Morgan fingerprint density at radius 1 is 1.14 bits per heavy atom. The highest BCUT2D eigenvalue weighted by atomic mass is 19.1. The summed E-state index contributed by atoms with van der Waals surface area (Å²) in [7, 11) is 0. The predicted octanol–water partition coefficient (Wildman–Crippen LogP) is 3.65. The number of benzene rings is 2. The maximum Gasteiger partial charge on any atom is 0.265 e. The molecule has 0 fully saturated rings. The molecule has 4 heteroatoms. The number of carbonyl (C=O) groups excluding carboxylic acids is 1. The molecule has 110 valence electrons. The Bertz CT molecular complexity index is 599. The molecule has 0 N–H and O–H groups in total. The Labute approximate surface area is 124 Å². The van der Waals surface area contributed by atoms with Crippen LogP contribution in [0.1, 0.15) is 13.8 Å². The number of amides is 1. The minimum absolute atomic E-state index is 0.0102. The van der Waals surface area contributed by atoms with Crippen LogP contribution in [0.4, 0.5) is 10.1 Å². The largest absolute Gasteiger partial charge is 0.484 e. The summed E-state index contributed by atoms with van der Waals surface area (Å²) in [5.74, 6) is -0.204. The standard InChI is InChI=1S/C17H18FNO2/c1-13(2)19(15-8-4-3-5-9-15)17(20)12-21-16-10-6-7-14(18)11-16/h3-11,13H,12H2,1-2H3. The van der Waals surface area contributed by atoms with Crippen LogP contribution in [0.3, 0.4) is 0 Å². The first-order valence-corrected chi connectivity index (χ1v) is 6.83. The van der Waals surface area contributed by atoms with E-state index in [9.17, 15) is 9.18 Å². The second-order valence-corrected chi connectivity index (χ2v) is 4.94. The van der Waals surface area contributed by atoms with Gasteiger partial charge in [-0.3, -0.25) is 4.79 Å². The molecule has 0 atom stereocenters. The van der Waals surface area contributed by atoms with E-state index in [1.165, 1.54) is 12.1 Å². The zero-order chi connectivity index (χ0) is 15.2. The lowest BCUT2D eigenvalue weighted by Crippen LogP contribution is -2.40. The van der Waals surface area contributed by atoms with E-state index in [0.29, 0.717) is 5.75 Å². The molecule has 0 saturated heterocycles. The van der Waals surface area contributed by atoms with Gasteiger partial charge in [-0.05, 0) is 38.1 Å². The number of carbonyl (C=O) groups is 1. The molecule has 0 aliphatic heterocycles. The minimum Gasteiger partial charge on any atom is -0.484 e. The van der Waals surface area contributed by atoms with Crippen LogP contribution < -0.4 is 9.64 Å². The summed E-state index contributed by atoms with van der Waals surface area (Å²) in [6.45, 7) is 3.75. The van der Waals surface area contributed by atoms with Crippen LogP contribution in [0.5, 0.6) is 5.75 Å². The van der Waals surface area contributed by atoms with Gasteiger partial charge in [-0.15, -0.1) is 0 Å². The van der Waals surface area contributed by atoms with Crippen molar-refractivity contribution in [3.8, 4) is 5.75 Å². The summed E-state index contributed by atoms with van der Waals surface area (Å²) >= 11 is 0.